The van der Waals surface area contributed by atoms with Crippen LogP contribution in [0.1, 0.15) is 350 Å². The van der Waals surface area contributed by atoms with Crippen LogP contribution in [0, 0.1) is 11.8 Å². The molecular weight excluding hydrogens is 1160 g/mol. The highest BCUT2D eigenvalue weighted by Crippen LogP contribution is 2.45. The standard InChI is InChI=1S/C69H134O17P2/c1-7-10-12-14-16-18-19-25-29-33-40-46-52-67(72)80-57-64(85-68(73)53-47-41-34-30-26-23-21-20-22-24-28-31-37-43-49-61(4)5)59-83-87(75,76)81-55-63(70)56-82-88(77,78)84-60-65(58-79-66(71)51-45-39-32-27-17-15-13-11-8-2)86-69(74)54-48-42-36-35-38-44-50-62(6)9-3/h61-65,70H,7-60H2,1-6H3,(H,75,76)(H,77,78)/t62?,63-,64-,65-/m1/s1. The molecule has 19 heteroatoms. The second kappa shape index (κ2) is 61.3. The van der Waals surface area contributed by atoms with Crippen LogP contribution in [-0.4, -0.2) is 96.7 Å². The van der Waals surface area contributed by atoms with Crippen LogP contribution in [0.4, 0.5) is 0 Å². The third-order valence-corrected chi connectivity index (χ3v) is 18.2. The minimum Gasteiger partial charge on any atom is -0.462 e. The van der Waals surface area contributed by atoms with Crippen molar-refractivity contribution < 1.29 is 80.2 Å². The molecule has 0 amide bonds. The van der Waals surface area contributed by atoms with Crippen LogP contribution in [0.2, 0.25) is 0 Å². The summed E-state index contributed by atoms with van der Waals surface area (Å²) in [5, 5.41) is 10.6. The number of hydrogen-bond donors (Lipinski definition) is 3. The van der Waals surface area contributed by atoms with Crippen molar-refractivity contribution in [2.45, 2.75) is 368 Å². The van der Waals surface area contributed by atoms with E-state index in [9.17, 15) is 43.2 Å². The van der Waals surface area contributed by atoms with Crippen LogP contribution in [0.25, 0.3) is 0 Å². The molecular formula is C69H134O17P2. The van der Waals surface area contributed by atoms with Crippen LogP contribution in [-0.2, 0) is 65.4 Å². The van der Waals surface area contributed by atoms with Crippen molar-refractivity contribution in [1.82, 2.24) is 0 Å². The molecule has 0 saturated carbocycles. The Morgan fingerprint density at radius 1 is 0.330 bits per heavy atom. The van der Waals surface area contributed by atoms with Gasteiger partial charge in [0.15, 0.2) is 12.2 Å². The number of carbonyl (C=O) groups excluding carboxylic acids is 4. The Kier molecular flexibility index (Phi) is 59.9. The van der Waals surface area contributed by atoms with Gasteiger partial charge < -0.3 is 33.8 Å². The molecule has 0 radical (unpaired) electrons. The predicted octanol–water partition coefficient (Wildman–Crippen LogP) is 19.6. The molecule has 0 aliphatic carbocycles. The maximum Gasteiger partial charge on any atom is 0.472 e. The smallest absolute Gasteiger partial charge is 0.462 e. The minimum atomic E-state index is -4.95. The van der Waals surface area contributed by atoms with E-state index >= 15 is 0 Å². The van der Waals surface area contributed by atoms with Crippen molar-refractivity contribution in [1.29, 1.82) is 0 Å². The first-order valence-corrected chi connectivity index (χ1v) is 39.0. The molecule has 0 rings (SSSR count). The Morgan fingerprint density at radius 3 is 0.864 bits per heavy atom. The number of ether oxygens (including phenoxy) is 4. The molecule has 3 N–H and O–H groups in total. The number of aliphatic hydroxyl groups excluding tert-OH is 1. The maximum absolute atomic E-state index is 13.0. The summed E-state index contributed by atoms with van der Waals surface area (Å²) in [5.74, 6) is -0.613. The van der Waals surface area contributed by atoms with Gasteiger partial charge in [0.05, 0.1) is 26.4 Å². The van der Waals surface area contributed by atoms with E-state index in [1.807, 2.05) is 0 Å². The summed E-state index contributed by atoms with van der Waals surface area (Å²) in [7, 11) is -9.89. The molecule has 522 valence electrons. The van der Waals surface area contributed by atoms with Crippen molar-refractivity contribution in [3.05, 3.63) is 0 Å². The lowest BCUT2D eigenvalue weighted by atomic mass is 10.00. The molecule has 0 aliphatic heterocycles. The normalized spacial score (nSPS) is 14.5. The Balaban J connectivity index is 5.22. The van der Waals surface area contributed by atoms with Gasteiger partial charge in [0.25, 0.3) is 0 Å². The summed E-state index contributed by atoms with van der Waals surface area (Å²) in [6.45, 7) is 9.50. The third-order valence-electron chi connectivity index (χ3n) is 16.3. The van der Waals surface area contributed by atoms with E-state index in [0.29, 0.717) is 25.7 Å². The van der Waals surface area contributed by atoms with Crippen molar-refractivity contribution in [2.75, 3.05) is 39.6 Å². The Bertz CT molecular complexity index is 1720. The first-order chi connectivity index (χ1) is 42.4. The molecule has 0 aromatic rings. The Hall–Kier alpha value is -1.94. The van der Waals surface area contributed by atoms with Gasteiger partial charge in [-0.05, 0) is 37.5 Å². The summed E-state index contributed by atoms with van der Waals surface area (Å²) in [6.07, 6.45) is 45.8. The van der Waals surface area contributed by atoms with E-state index in [0.717, 1.165) is 102 Å². The van der Waals surface area contributed by atoms with Gasteiger partial charge in [0.2, 0.25) is 0 Å². The second-order valence-electron chi connectivity index (χ2n) is 25.6. The van der Waals surface area contributed by atoms with Gasteiger partial charge in [-0.15, -0.1) is 0 Å². The first kappa shape index (κ1) is 86.1. The van der Waals surface area contributed by atoms with Crippen LogP contribution >= 0.6 is 15.6 Å². The largest absolute Gasteiger partial charge is 0.472 e. The fourth-order valence-electron chi connectivity index (χ4n) is 10.4. The van der Waals surface area contributed by atoms with Gasteiger partial charge in [-0.25, -0.2) is 9.13 Å². The van der Waals surface area contributed by atoms with Crippen LogP contribution < -0.4 is 0 Å². The molecule has 88 heavy (non-hydrogen) atoms. The predicted molar refractivity (Wildman–Crippen MR) is 354 cm³/mol. The van der Waals surface area contributed by atoms with Crippen LogP contribution in [0.15, 0.2) is 0 Å². The lowest BCUT2D eigenvalue weighted by molar-refractivity contribution is -0.161. The lowest BCUT2D eigenvalue weighted by Crippen LogP contribution is -2.30. The minimum absolute atomic E-state index is 0.103. The topological polar surface area (TPSA) is 237 Å². The number of rotatable bonds is 68. The summed E-state index contributed by atoms with van der Waals surface area (Å²) in [4.78, 5) is 72.4. The summed E-state index contributed by atoms with van der Waals surface area (Å²) >= 11 is 0. The summed E-state index contributed by atoms with van der Waals surface area (Å²) in [6, 6.07) is 0. The SMILES string of the molecule is CCCCCCCCCCCCCCC(=O)OC[C@H](COP(=O)(O)OC[C@@H](O)COP(=O)(O)OC[C@@H](COC(=O)CCCCCCCCCCC)OC(=O)CCCCCCCCC(C)CC)OC(=O)CCCCCCCCCCCCCCCCC(C)C. The summed E-state index contributed by atoms with van der Waals surface area (Å²) in [5.41, 5.74) is 0. The number of esters is 4. The van der Waals surface area contributed by atoms with E-state index < -0.39 is 97.5 Å². The van der Waals surface area contributed by atoms with Crippen molar-refractivity contribution >= 4 is 39.5 Å². The van der Waals surface area contributed by atoms with Gasteiger partial charge in [-0.1, -0.05) is 298 Å². The van der Waals surface area contributed by atoms with Gasteiger partial charge in [0, 0.05) is 25.7 Å². The fourth-order valence-corrected chi connectivity index (χ4v) is 12.0. The number of phosphoric ester groups is 2. The highest BCUT2D eigenvalue weighted by molar-refractivity contribution is 7.47. The molecule has 0 aliphatic rings. The Labute approximate surface area is 537 Å². The highest BCUT2D eigenvalue weighted by atomic mass is 31.2. The maximum atomic E-state index is 13.0. The van der Waals surface area contributed by atoms with E-state index in [1.54, 1.807) is 0 Å². The average molecular weight is 1300 g/mol. The third kappa shape index (κ3) is 61.6. The van der Waals surface area contributed by atoms with Crippen LogP contribution in [0.5, 0.6) is 0 Å². The van der Waals surface area contributed by atoms with E-state index in [1.165, 1.54) is 167 Å². The van der Waals surface area contributed by atoms with Gasteiger partial charge in [0.1, 0.15) is 19.3 Å². The average Bonchev–Trinajstić information content (AvgIpc) is 3.50. The number of aliphatic hydroxyl groups is 1. The second-order valence-corrected chi connectivity index (χ2v) is 28.5. The van der Waals surface area contributed by atoms with Crippen molar-refractivity contribution in [3.8, 4) is 0 Å². The zero-order valence-corrected chi connectivity index (χ0v) is 58.8. The van der Waals surface area contributed by atoms with E-state index in [-0.39, 0.29) is 25.7 Å². The van der Waals surface area contributed by atoms with Crippen molar-refractivity contribution in [2.24, 2.45) is 11.8 Å². The molecule has 0 bridgehead atoms. The molecule has 6 atom stereocenters. The molecule has 3 unspecified atom stereocenters. The van der Waals surface area contributed by atoms with Gasteiger partial charge in [-0.3, -0.25) is 37.3 Å². The lowest BCUT2D eigenvalue weighted by Gasteiger charge is -2.21. The number of phosphoric acid groups is 2. The number of unbranched alkanes of at least 4 members (excludes halogenated alkanes) is 37. The molecule has 17 nitrogen and oxygen atoms in total. The van der Waals surface area contributed by atoms with Gasteiger partial charge in [-0.2, -0.15) is 0 Å². The Morgan fingerprint density at radius 2 is 0.580 bits per heavy atom. The first-order valence-electron chi connectivity index (χ1n) is 36.0. The zero-order chi connectivity index (χ0) is 65.0. The fraction of sp³-hybridized carbons (Fsp3) is 0.942. The molecule has 0 saturated heterocycles. The monoisotopic (exact) mass is 1300 g/mol. The van der Waals surface area contributed by atoms with Crippen molar-refractivity contribution in [3.63, 3.8) is 0 Å². The van der Waals surface area contributed by atoms with E-state index in [4.69, 9.17) is 37.0 Å². The zero-order valence-electron chi connectivity index (χ0n) is 57.0. The molecule has 0 spiro atoms. The quantitative estimate of drug-likeness (QED) is 0.0222. The van der Waals surface area contributed by atoms with Crippen LogP contribution in [0.3, 0.4) is 0 Å². The molecule has 0 aromatic heterocycles. The van der Waals surface area contributed by atoms with E-state index in [2.05, 4.69) is 41.5 Å². The number of carbonyl (C=O) groups is 4. The van der Waals surface area contributed by atoms with Gasteiger partial charge >= 0.3 is 39.5 Å². The summed E-state index contributed by atoms with van der Waals surface area (Å²) < 4.78 is 68.2. The molecule has 0 heterocycles. The number of hydrogen-bond acceptors (Lipinski definition) is 15. The molecule has 0 fully saturated rings. The highest BCUT2D eigenvalue weighted by Gasteiger charge is 2.30. The molecule has 0 aromatic carbocycles.